The first-order chi connectivity index (χ1) is 5.29. The topological polar surface area (TPSA) is 0 Å². The first kappa shape index (κ1) is 7.39. The molecule has 0 heterocycles. The van der Waals surface area contributed by atoms with Gasteiger partial charge < -0.3 is 0 Å². The van der Waals surface area contributed by atoms with Gasteiger partial charge in [0.2, 0.25) is 0 Å². The van der Waals surface area contributed by atoms with E-state index < -0.39 is 0 Å². The summed E-state index contributed by atoms with van der Waals surface area (Å²) in [7, 11) is 0. The molecule has 4 unspecified atom stereocenters. The molecule has 11 heavy (non-hydrogen) atoms. The van der Waals surface area contributed by atoms with Crippen LogP contribution in [0.2, 0.25) is 0 Å². The summed E-state index contributed by atoms with van der Waals surface area (Å²) >= 11 is 0. The Kier molecular flexibility index (Phi) is 1.78. The van der Waals surface area contributed by atoms with Crippen LogP contribution in [0.25, 0.3) is 0 Å². The maximum absolute atomic E-state index is 2.43. The lowest BCUT2D eigenvalue weighted by Gasteiger charge is -2.31. The molecule has 4 atom stereocenters. The molecule has 0 aliphatic heterocycles. The summed E-state index contributed by atoms with van der Waals surface area (Å²) in [4.78, 5) is 0. The van der Waals surface area contributed by atoms with E-state index in [1.807, 2.05) is 0 Å². The molecule has 0 heteroatoms. The van der Waals surface area contributed by atoms with Gasteiger partial charge in [0.1, 0.15) is 0 Å². The molecule has 0 aromatic heterocycles. The molecule has 1 fully saturated rings. The number of allylic oxidation sites excluding steroid dienone is 2. The summed E-state index contributed by atoms with van der Waals surface area (Å²) in [6.07, 6.45) is 9.31. The highest BCUT2D eigenvalue weighted by Gasteiger charge is 2.35. The molecule has 1 saturated carbocycles. The van der Waals surface area contributed by atoms with Crippen molar-refractivity contribution in [2.45, 2.75) is 33.1 Å². The highest BCUT2D eigenvalue weighted by molar-refractivity contribution is 5.04. The lowest BCUT2D eigenvalue weighted by atomic mass is 9.74. The Bertz CT molecular complexity index is 151. The minimum absolute atomic E-state index is 0.860. The highest BCUT2D eigenvalue weighted by atomic mass is 14.4. The Morgan fingerprint density at radius 2 is 1.36 bits per heavy atom. The predicted octanol–water partition coefficient (Wildman–Crippen LogP) is 3.24. The minimum atomic E-state index is 0.860. The molecule has 0 bridgehead atoms. The quantitative estimate of drug-likeness (QED) is 0.465. The second-order valence-corrected chi connectivity index (χ2v) is 4.36. The molecule has 2 rings (SSSR count). The normalized spacial score (nSPS) is 49.3. The molecule has 0 aromatic rings. The lowest BCUT2D eigenvalue weighted by molar-refractivity contribution is 0.250. The van der Waals surface area contributed by atoms with Crippen LogP contribution in [0, 0.1) is 23.7 Å². The van der Waals surface area contributed by atoms with Crippen molar-refractivity contribution in [3.05, 3.63) is 12.2 Å². The zero-order chi connectivity index (χ0) is 7.84. The predicted molar refractivity (Wildman–Crippen MR) is 48.3 cm³/mol. The summed E-state index contributed by atoms with van der Waals surface area (Å²) < 4.78 is 0. The summed E-state index contributed by atoms with van der Waals surface area (Å²) in [5.41, 5.74) is 0. The highest BCUT2D eigenvalue weighted by Crippen LogP contribution is 2.44. The number of hydrogen-bond acceptors (Lipinski definition) is 0. The Morgan fingerprint density at radius 1 is 0.909 bits per heavy atom. The van der Waals surface area contributed by atoms with Crippen LogP contribution in [0.4, 0.5) is 0 Å². The third-order valence-electron chi connectivity index (χ3n) is 3.69. The van der Waals surface area contributed by atoms with Gasteiger partial charge in [0.05, 0.1) is 0 Å². The molecule has 0 spiro atoms. The largest absolute Gasteiger partial charge is 0.0851 e. The molecule has 0 nitrogen and oxygen atoms in total. The molecule has 0 aromatic carbocycles. The first-order valence-electron chi connectivity index (χ1n) is 4.97. The van der Waals surface area contributed by atoms with Crippen LogP contribution in [0.5, 0.6) is 0 Å². The SMILES string of the molecule is CC1C=CC(C)C2CCCC12. The van der Waals surface area contributed by atoms with E-state index in [9.17, 15) is 0 Å². The van der Waals surface area contributed by atoms with E-state index in [1.165, 1.54) is 19.3 Å². The maximum atomic E-state index is 2.43. The second kappa shape index (κ2) is 2.66. The van der Waals surface area contributed by atoms with E-state index in [4.69, 9.17) is 0 Å². The number of fused-ring (bicyclic) bond motifs is 1. The van der Waals surface area contributed by atoms with E-state index in [-0.39, 0.29) is 0 Å². The van der Waals surface area contributed by atoms with Crippen molar-refractivity contribution in [3.8, 4) is 0 Å². The average Bonchev–Trinajstić information content (AvgIpc) is 2.45. The average molecular weight is 150 g/mol. The van der Waals surface area contributed by atoms with Crippen LogP contribution < -0.4 is 0 Å². The van der Waals surface area contributed by atoms with Gasteiger partial charge in [0.25, 0.3) is 0 Å². The van der Waals surface area contributed by atoms with E-state index in [1.54, 1.807) is 0 Å². The van der Waals surface area contributed by atoms with Gasteiger partial charge in [-0.3, -0.25) is 0 Å². The van der Waals surface area contributed by atoms with Gasteiger partial charge >= 0.3 is 0 Å². The van der Waals surface area contributed by atoms with Gasteiger partial charge in [-0.15, -0.1) is 0 Å². The monoisotopic (exact) mass is 150 g/mol. The van der Waals surface area contributed by atoms with Gasteiger partial charge in [-0.05, 0) is 36.5 Å². The van der Waals surface area contributed by atoms with Crippen LogP contribution in [0.1, 0.15) is 33.1 Å². The Balaban J connectivity index is 2.18. The van der Waals surface area contributed by atoms with Crippen LogP contribution in [-0.2, 0) is 0 Å². The fourth-order valence-electron chi connectivity index (χ4n) is 2.96. The summed E-state index contributed by atoms with van der Waals surface area (Å²) in [6.45, 7) is 4.76. The standard InChI is InChI=1S/C11H18/c1-8-6-7-9(2)11-5-3-4-10(8)11/h6-11H,3-5H2,1-2H3. The molecule has 0 saturated heterocycles. The first-order valence-corrected chi connectivity index (χ1v) is 4.97. The van der Waals surface area contributed by atoms with Gasteiger partial charge in [-0.1, -0.05) is 32.4 Å². The molecular formula is C11H18. The van der Waals surface area contributed by atoms with Crippen molar-refractivity contribution >= 4 is 0 Å². The van der Waals surface area contributed by atoms with Crippen molar-refractivity contribution in [2.75, 3.05) is 0 Å². The molecule has 0 radical (unpaired) electrons. The zero-order valence-electron chi connectivity index (χ0n) is 7.59. The van der Waals surface area contributed by atoms with Gasteiger partial charge in [0.15, 0.2) is 0 Å². The maximum Gasteiger partial charge on any atom is -0.0231 e. The third-order valence-corrected chi connectivity index (χ3v) is 3.69. The Morgan fingerprint density at radius 3 is 1.82 bits per heavy atom. The van der Waals surface area contributed by atoms with Gasteiger partial charge in [-0.25, -0.2) is 0 Å². The molecule has 2 aliphatic carbocycles. The zero-order valence-corrected chi connectivity index (χ0v) is 7.59. The fourth-order valence-corrected chi connectivity index (χ4v) is 2.96. The Labute approximate surface area is 69.7 Å². The van der Waals surface area contributed by atoms with E-state index in [0.717, 1.165) is 23.7 Å². The van der Waals surface area contributed by atoms with Crippen molar-refractivity contribution in [3.63, 3.8) is 0 Å². The molecular weight excluding hydrogens is 132 g/mol. The molecule has 2 aliphatic rings. The molecule has 0 N–H and O–H groups in total. The van der Waals surface area contributed by atoms with E-state index in [0.29, 0.717) is 0 Å². The van der Waals surface area contributed by atoms with Crippen LogP contribution in [-0.4, -0.2) is 0 Å². The van der Waals surface area contributed by atoms with E-state index in [2.05, 4.69) is 26.0 Å². The van der Waals surface area contributed by atoms with E-state index >= 15 is 0 Å². The smallest absolute Gasteiger partial charge is 0.0231 e. The Hall–Kier alpha value is -0.260. The fraction of sp³-hybridized carbons (Fsp3) is 0.818. The summed E-state index contributed by atoms with van der Waals surface area (Å²) in [6, 6.07) is 0. The van der Waals surface area contributed by atoms with Crippen molar-refractivity contribution < 1.29 is 0 Å². The molecule has 0 amide bonds. The second-order valence-electron chi connectivity index (χ2n) is 4.36. The lowest BCUT2D eigenvalue weighted by Crippen LogP contribution is -2.24. The van der Waals surface area contributed by atoms with Crippen LogP contribution >= 0.6 is 0 Å². The summed E-state index contributed by atoms with van der Waals surface area (Å²) in [5, 5.41) is 0. The third kappa shape index (κ3) is 1.13. The van der Waals surface area contributed by atoms with Crippen molar-refractivity contribution in [1.29, 1.82) is 0 Å². The van der Waals surface area contributed by atoms with Crippen molar-refractivity contribution in [2.24, 2.45) is 23.7 Å². The van der Waals surface area contributed by atoms with Crippen LogP contribution in [0.15, 0.2) is 12.2 Å². The number of hydrogen-bond donors (Lipinski definition) is 0. The molecule has 62 valence electrons. The minimum Gasteiger partial charge on any atom is -0.0851 e. The van der Waals surface area contributed by atoms with Gasteiger partial charge in [-0.2, -0.15) is 0 Å². The number of rotatable bonds is 0. The van der Waals surface area contributed by atoms with Crippen LogP contribution in [0.3, 0.4) is 0 Å². The van der Waals surface area contributed by atoms with Crippen molar-refractivity contribution in [1.82, 2.24) is 0 Å². The summed E-state index contributed by atoms with van der Waals surface area (Å²) in [5.74, 6) is 3.77. The van der Waals surface area contributed by atoms with Gasteiger partial charge in [0, 0.05) is 0 Å².